The van der Waals surface area contributed by atoms with E-state index in [1.165, 1.54) is 24.5 Å². The third-order valence-electron chi connectivity index (χ3n) is 26.1. The number of amides is 14. The number of fused-ring (bicyclic) bond motifs is 1. The van der Waals surface area contributed by atoms with Crippen LogP contribution in [0.25, 0.3) is 0 Å². The quantitative estimate of drug-likeness (QED) is 0.0353. The average Bonchev–Trinajstić information content (AvgIpc) is 1.61. The Labute approximate surface area is 787 Å². The van der Waals surface area contributed by atoms with Gasteiger partial charge in [0.15, 0.2) is 25.0 Å². The number of carbonyl (C=O) groups is 14. The molecule has 0 aromatic heterocycles. The van der Waals surface area contributed by atoms with Crippen molar-refractivity contribution in [2.45, 2.75) is 289 Å². The van der Waals surface area contributed by atoms with E-state index < -0.39 is 65.5 Å². The molecule has 14 amide bonds. The second-order valence-electron chi connectivity index (χ2n) is 37.2. The summed E-state index contributed by atoms with van der Waals surface area (Å²) in [5.74, 6) is -2.36. The smallest absolute Gasteiger partial charge is 0.371 e. The van der Waals surface area contributed by atoms with Crippen molar-refractivity contribution in [2.24, 2.45) is 35.5 Å². The van der Waals surface area contributed by atoms with E-state index >= 15 is 0 Å². The fourth-order valence-electron chi connectivity index (χ4n) is 17.1. The molecular formula is C91H159N7O26Si7. The van der Waals surface area contributed by atoms with E-state index in [1.807, 2.05) is 105 Å². The number of aryl methyl sites for hydroxylation is 1. The van der Waals surface area contributed by atoms with E-state index in [9.17, 15) is 71.9 Å². The van der Waals surface area contributed by atoms with E-state index in [4.69, 9.17) is 49.4 Å². The molecule has 2 aromatic rings. The van der Waals surface area contributed by atoms with Crippen LogP contribution in [0, 0.1) is 35.5 Å². The van der Waals surface area contributed by atoms with Crippen LogP contribution in [0.15, 0.2) is 48.5 Å². The van der Waals surface area contributed by atoms with Gasteiger partial charge in [0.1, 0.15) is 0 Å². The van der Waals surface area contributed by atoms with Crippen molar-refractivity contribution in [1.82, 2.24) is 35.1 Å². The summed E-state index contributed by atoms with van der Waals surface area (Å²) in [4.78, 5) is 180. The third kappa shape index (κ3) is 36.5. The maximum absolute atomic E-state index is 12.3. The number of hydrogen-bond donors (Lipinski definition) is 4. The van der Waals surface area contributed by atoms with Crippen molar-refractivity contribution in [2.75, 3.05) is 97.8 Å². The summed E-state index contributed by atoms with van der Waals surface area (Å²) in [6.45, 7) is 28.3. The zero-order valence-corrected chi connectivity index (χ0v) is 90.4. The van der Waals surface area contributed by atoms with Gasteiger partial charge >= 0.3 is 35.0 Å². The maximum atomic E-state index is 12.3. The van der Waals surface area contributed by atoms with E-state index in [1.54, 1.807) is 83.2 Å². The Bertz CT molecular complexity index is 4030. The molecule has 6 atom stereocenters. The lowest BCUT2D eigenvalue weighted by Crippen LogP contribution is -2.52. The van der Waals surface area contributed by atoms with Crippen LogP contribution in [0.2, 0.25) is 93.2 Å². The first-order valence-electron chi connectivity index (χ1n) is 46.5. The third-order valence-corrected chi connectivity index (χ3v) is 47.1. The Morgan fingerprint density at radius 1 is 0.473 bits per heavy atom. The van der Waals surface area contributed by atoms with Gasteiger partial charge in [0.25, 0.3) is 11.8 Å². The molecule has 7 heterocycles. The van der Waals surface area contributed by atoms with Crippen LogP contribution in [-0.4, -0.2) is 286 Å². The summed E-state index contributed by atoms with van der Waals surface area (Å²) in [5, 5.41) is 14.6. The molecule has 0 spiro atoms. The Hall–Kier alpha value is -6.54. The highest BCUT2D eigenvalue weighted by Gasteiger charge is 2.47. The van der Waals surface area contributed by atoms with Crippen LogP contribution in [0.5, 0.6) is 0 Å². The van der Waals surface area contributed by atoms with Crippen molar-refractivity contribution in [3.8, 4) is 0 Å². The van der Waals surface area contributed by atoms with E-state index in [2.05, 4.69) is 44.5 Å². The molecule has 7 aliphatic heterocycles. The molecule has 6 unspecified atom stereocenters. The van der Waals surface area contributed by atoms with Crippen molar-refractivity contribution >= 4 is 148 Å². The van der Waals surface area contributed by atoms with Gasteiger partial charge in [-0.05, 0) is 203 Å². The molecule has 2 aromatic carbocycles. The number of benzene rings is 2. The van der Waals surface area contributed by atoms with Gasteiger partial charge in [-0.1, -0.05) is 95.7 Å². The summed E-state index contributed by atoms with van der Waals surface area (Å²) in [6.07, 6.45) is 12.6. The number of nitrogens with zero attached hydrogens (tertiary/aromatic N) is 5. The van der Waals surface area contributed by atoms with Crippen molar-refractivity contribution in [3.05, 3.63) is 65.2 Å². The molecular weight excluding hydrogens is 1800 g/mol. The number of carbonyl (C=O) groups excluding carboxylic acids is 14. The monoisotopic (exact) mass is 1960 g/mol. The highest BCUT2D eigenvalue weighted by molar-refractivity contribution is 6.81. The van der Waals surface area contributed by atoms with Crippen LogP contribution < -0.4 is 15.8 Å². The van der Waals surface area contributed by atoms with E-state index in [-0.39, 0.29) is 144 Å². The lowest BCUT2D eigenvalue weighted by molar-refractivity contribution is -0.145. The number of hydrogen-bond acceptors (Lipinski definition) is 26. The Kier molecular flexibility index (Phi) is 51.5. The molecule has 7 aliphatic rings. The maximum Gasteiger partial charge on any atom is 0.371 e. The predicted molar refractivity (Wildman–Crippen MR) is 516 cm³/mol. The average molecular weight is 1960 g/mol. The van der Waals surface area contributed by atoms with Crippen LogP contribution in [0.4, 0.5) is 0 Å². The van der Waals surface area contributed by atoms with Crippen LogP contribution in [0.1, 0.15) is 204 Å². The minimum atomic E-state index is -2.51. The Morgan fingerprint density at radius 3 is 1.40 bits per heavy atom. The van der Waals surface area contributed by atoms with Gasteiger partial charge < -0.3 is 54.2 Å². The van der Waals surface area contributed by atoms with Crippen molar-refractivity contribution < 1.29 is 121 Å². The number of aliphatic hydroxyl groups is 1. The molecule has 0 saturated carbocycles. The first kappa shape index (κ1) is 119. The van der Waals surface area contributed by atoms with Crippen LogP contribution in [-0.2, 0) is 108 Å². The largest absolute Gasteiger partial charge is 0.432 e. The molecule has 742 valence electrons. The molecule has 40 heteroatoms. The summed E-state index contributed by atoms with van der Waals surface area (Å²) >= 11 is 0. The van der Waals surface area contributed by atoms with Crippen molar-refractivity contribution in [3.63, 3.8) is 0 Å². The zero-order chi connectivity index (χ0) is 99.2. The number of rotatable bonds is 45. The molecule has 131 heavy (non-hydrogen) atoms. The summed E-state index contributed by atoms with van der Waals surface area (Å²) < 4.78 is 55.0. The number of likely N-dealkylation sites (tertiary alicyclic amines) is 5. The fraction of sp³-hybridized carbons (Fsp3) is 0.714. The lowest BCUT2D eigenvalue weighted by atomic mass is 10.0. The number of imide groups is 7. The second kappa shape index (κ2) is 56.9. The minimum absolute atomic E-state index is 0.00117. The Balaban J connectivity index is 0.000000395. The summed E-state index contributed by atoms with van der Waals surface area (Å²) in [7, 11) is 5.16. The lowest BCUT2D eigenvalue weighted by Gasteiger charge is -2.30. The van der Waals surface area contributed by atoms with Gasteiger partial charge in [-0.3, -0.25) is 102 Å². The molecule has 0 radical (unpaired) electrons. The SMILES string of the molecule is CCN1C(=O)CC(CCC[Si](CC)(CC)OC)C1=O.CC[Si](CCCC1CC(=O)N(C(C)C)C1=O)(OC)OC.CO[SiH](CCCC1CC(=O)N(C)C1=O)OC.CO[Si](C)(C)CCCC1CC(=O)N(C(C)(C)C)C1=O.CO[Si](C)(CCCC1CC(=O)NC1=O)OC.CO[Si](CCCC1CC(=O)N(CCO)C1=O)(OC)c1ccccc1.C[Si](C)(O)CCc1ccc2c(c1)C(=O)NC2=O. The summed E-state index contributed by atoms with van der Waals surface area (Å²) in [5.41, 5.74) is 1.48. The van der Waals surface area contributed by atoms with Gasteiger partial charge in [0.05, 0.1) is 24.3 Å². The number of aliphatic hydroxyl groups excluding tert-OH is 1. The second-order valence-corrected chi connectivity index (χ2v) is 63.6. The molecule has 9 rings (SSSR count). The molecule has 4 N–H and O–H groups in total. The first-order valence-corrected chi connectivity index (χ1v) is 63.8. The highest BCUT2D eigenvalue weighted by atomic mass is 28.4. The number of β-amino-alcohol motifs (C(OH)–C–C–N with tert-alkyl or cyclic N) is 1. The van der Waals surface area contributed by atoms with Gasteiger partial charge in [0, 0.05) is 170 Å². The first-order chi connectivity index (χ1) is 61.6. The van der Waals surface area contributed by atoms with Crippen LogP contribution in [0.3, 0.4) is 0 Å². The van der Waals surface area contributed by atoms with E-state index in [0.717, 1.165) is 148 Å². The highest BCUT2D eigenvalue weighted by Crippen LogP contribution is 2.36. The fourth-order valence-corrected chi connectivity index (χ4v) is 29.7. The summed E-state index contributed by atoms with van der Waals surface area (Å²) in [6, 6.07) is 24.5. The van der Waals surface area contributed by atoms with Gasteiger partial charge in [-0.2, -0.15) is 0 Å². The number of nitrogens with one attached hydrogen (secondary N) is 2. The Morgan fingerprint density at radius 2 is 0.954 bits per heavy atom. The van der Waals surface area contributed by atoms with Gasteiger partial charge in [0.2, 0.25) is 70.9 Å². The van der Waals surface area contributed by atoms with Crippen molar-refractivity contribution in [1.29, 1.82) is 0 Å². The molecule has 33 nitrogen and oxygen atoms in total. The minimum Gasteiger partial charge on any atom is -0.432 e. The molecule has 0 aliphatic carbocycles. The van der Waals surface area contributed by atoms with Crippen LogP contribution >= 0.6 is 0 Å². The standard InChI is InChI=1S/C17H25NO5Si.C14H27NO4Si.2C14H27NO3Si.C12H15NO3Si.2C10H19NO4Si/c1-22-24(23-2,15-8-4-3-5-9-15)12-6-7-14-13-16(20)18(10-11-19)17(14)21;1-6-20(18-4,19-5)9-7-8-12-10-13(16)15(11(2)3)14(12)17;1-14(2,3)15-12(16)10-11(13(15)17)8-7-9-19(5,6)18-4;1-5-15-13(16)11-12(14(15)17)9-8-10-19(6-2,7-3)18-4;1-17(2,16)6-5-8-3-4-9-10(7-8)12(15)13-11(9)14;1-14-16(3,15-2)6-4-5-8-7-9(12)11-10(8)13;1-11-9(12)7-8(10(11)13)5-4-6-16(14-2)15-3/h3-5,8-9,14,19H,6-7,10-13H2,1-2H3;11-12H,6-10H2,1-5H3;11H,7-10H2,1-6H3;12H,5-11H2,1-4H3;3-4,7,16H,5-6H2,1-2H3,(H,13,14,15);8H,4-7H2,1-3H3,(H,11,12,13);8,16H,4-7H2,1-3H3. The van der Waals surface area contributed by atoms with Gasteiger partial charge in [-0.25, -0.2) is 0 Å². The molecule has 6 saturated heterocycles. The predicted octanol–water partition coefficient (Wildman–Crippen LogP) is 11.1. The molecule has 0 bridgehead atoms. The zero-order valence-electron chi connectivity index (χ0n) is 83.3. The van der Waals surface area contributed by atoms with Gasteiger partial charge in [-0.15, -0.1) is 0 Å². The normalized spacial score (nSPS) is 19.7. The van der Waals surface area contributed by atoms with E-state index in [0.29, 0.717) is 56.2 Å². The topological polar surface area (TPSA) is 412 Å². The molecule has 6 fully saturated rings.